The Labute approximate surface area is 259 Å². The number of hydrogen-bond donors (Lipinski definition) is 0. The highest BCUT2D eigenvalue weighted by molar-refractivity contribution is 7.12. The van der Waals surface area contributed by atoms with Gasteiger partial charge in [-0.05, 0) is 96.8 Å². The average Bonchev–Trinajstić information content (AvgIpc) is 3.71. The Balaban J connectivity index is 1.01. The fourth-order valence-corrected chi connectivity index (χ4v) is 8.18. The van der Waals surface area contributed by atoms with Crippen molar-refractivity contribution in [1.29, 1.82) is 0 Å². The zero-order chi connectivity index (χ0) is 29.7. The van der Waals surface area contributed by atoms with Gasteiger partial charge < -0.3 is 14.7 Å². The minimum absolute atomic E-state index is 0.0386. The van der Waals surface area contributed by atoms with Crippen LogP contribution in [0, 0.1) is 17.8 Å². The van der Waals surface area contributed by atoms with Crippen molar-refractivity contribution in [3.05, 3.63) is 76.1 Å². The van der Waals surface area contributed by atoms with Gasteiger partial charge in [-0.2, -0.15) is 0 Å². The van der Waals surface area contributed by atoms with E-state index in [0.29, 0.717) is 30.3 Å². The van der Waals surface area contributed by atoms with Gasteiger partial charge in [-0.25, -0.2) is 4.98 Å². The number of nitrogens with zero attached hydrogens (tertiary/aromatic N) is 5. The van der Waals surface area contributed by atoms with Crippen molar-refractivity contribution in [1.82, 2.24) is 14.8 Å². The van der Waals surface area contributed by atoms with Crippen LogP contribution in [-0.4, -0.2) is 78.5 Å². The molecular weight excluding hydrogens is 554 g/mol. The molecule has 1 aliphatic carbocycles. The van der Waals surface area contributed by atoms with Crippen LogP contribution in [0.15, 0.2) is 60.1 Å². The maximum absolute atomic E-state index is 13.7. The normalized spacial score (nSPS) is 25.3. The fourth-order valence-electron chi connectivity index (χ4n) is 7.51. The third-order valence-corrected chi connectivity index (χ3v) is 11.1. The largest absolute Gasteiger partial charge is 0.355 e. The highest BCUT2D eigenvalue weighted by Gasteiger charge is 2.57. The summed E-state index contributed by atoms with van der Waals surface area (Å²) in [7, 11) is 0. The van der Waals surface area contributed by atoms with Crippen molar-refractivity contribution >= 4 is 34.7 Å². The Morgan fingerprint density at radius 1 is 0.953 bits per heavy atom. The molecule has 0 radical (unpaired) electrons. The summed E-state index contributed by atoms with van der Waals surface area (Å²) in [6.07, 6.45) is 5.72. The minimum atomic E-state index is 0.0386. The van der Waals surface area contributed by atoms with Gasteiger partial charge in [0.25, 0.3) is 11.8 Å². The van der Waals surface area contributed by atoms with Gasteiger partial charge in [0.2, 0.25) is 0 Å². The smallest absolute Gasteiger partial charge is 0.268 e. The first-order chi connectivity index (χ1) is 20.8. The molecule has 3 saturated heterocycles. The van der Waals surface area contributed by atoms with E-state index in [4.69, 9.17) is 4.98 Å². The van der Waals surface area contributed by atoms with Gasteiger partial charge >= 0.3 is 0 Å². The lowest BCUT2D eigenvalue weighted by atomic mass is 9.86. The number of rotatable bonds is 7. The number of carbonyl (C=O) groups excluding carboxylic acids is 2. The Bertz CT molecular complexity index is 1430. The van der Waals surface area contributed by atoms with E-state index < -0.39 is 0 Å². The van der Waals surface area contributed by atoms with Crippen LogP contribution in [0.3, 0.4) is 0 Å². The van der Waals surface area contributed by atoms with E-state index in [0.717, 1.165) is 48.1 Å². The van der Waals surface area contributed by atoms with Gasteiger partial charge in [0.1, 0.15) is 5.82 Å². The molecule has 3 atom stereocenters. The molecule has 0 N–H and O–H groups in total. The molecule has 1 saturated carbocycles. The molecule has 3 aromatic rings. The van der Waals surface area contributed by atoms with Crippen LogP contribution in [0.2, 0.25) is 0 Å². The first-order valence-electron chi connectivity index (χ1n) is 16.0. The number of piperidine rings is 1. The Kier molecular flexibility index (Phi) is 7.54. The predicted molar refractivity (Wildman–Crippen MR) is 173 cm³/mol. The molecule has 5 heterocycles. The summed E-state index contributed by atoms with van der Waals surface area (Å²) in [6, 6.07) is 16.7. The molecule has 8 heteroatoms. The van der Waals surface area contributed by atoms with Crippen LogP contribution in [0.1, 0.15) is 65.6 Å². The number of likely N-dealkylation sites (tertiary alicyclic amines) is 2. The number of thiophene rings is 1. The number of carbonyl (C=O) groups is 2. The standard InChI is InChI=1S/C35H43N5O2S/c1-35(2,3)25-10-8-24(9-11-25)33(41)39-21-28-29(22-39)30(28)23-40(34(42)31-7-6-18-43-31)26-12-13-32(36-19-26)38-17-14-27(20-38)37-15-4-5-16-37/h6-13,18-19,27-30H,4-5,14-17,20-23H2,1-3H3. The van der Waals surface area contributed by atoms with Crippen LogP contribution in [0.4, 0.5) is 11.5 Å². The van der Waals surface area contributed by atoms with E-state index in [-0.39, 0.29) is 17.2 Å². The summed E-state index contributed by atoms with van der Waals surface area (Å²) in [4.78, 5) is 41.6. The minimum Gasteiger partial charge on any atom is -0.355 e. The molecule has 0 spiro atoms. The van der Waals surface area contributed by atoms with Crippen molar-refractivity contribution < 1.29 is 9.59 Å². The first-order valence-corrected chi connectivity index (χ1v) is 16.8. The molecule has 0 bridgehead atoms. The maximum Gasteiger partial charge on any atom is 0.268 e. The fraction of sp³-hybridized carbons (Fsp3) is 0.514. The SMILES string of the molecule is CC(C)(C)c1ccc(C(=O)N2CC3C(C2)C3CN(C(=O)c2cccs2)c2ccc(N3CCC(N4CCCC4)C3)nc2)cc1. The molecule has 43 heavy (non-hydrogen) atoms. The third kappa shape index (κ3) is 5.72. The molecule has 2 aromatic heterocycles. The van der Waals surface area contributed by atoms with Gasteiger partial charge in [-0.1, -0.05) is 39.0 Å². The second kappa shape index (κ2) is 11.4. The lowest BCUT2D eigenvalue weighted by Crippen LogP contribution is -2.37. The summed E-state index contributed by atoms with van der Waals surface area (Å²) < 4.78 is 0. The Morgan fingerprint density at radius 2 is 1.70 bits per heavy atom. The zero-order valence-corrected chi connectivity index (χ0v) is 26.4. The maximum atomic E-state index is 13.7. The van der Waals surface area contributed by atoms with E-state index >= 15 is 0 Å². The predicted octanol–water partition coefficient (Wildman–Crippen LogP) is 5.78. The number of fused-ring (bicyclic) bond motifs is 1. The van der Waals surface area contributed by atoms with Gasteiger partial charge in [-0.3, -0.25) is 14.5 Å². The first kappa shape index (κ1) is 28.5. The van der Waals surface area contributed by atoms with Crippen molar-refractivity contribution in [2.45, 2.75) is 51.5 Å². The summed E-state index contributed by atoms with van der Waals surface area (Å²) in [5.74, 6) is 2.44. The molecular formula is C35H43N5O2S. The monoisotopic (exact) mass is 597 g/mol. The Morgan fingerprint density at radius 3 is 2.33 bits per heavy atom. The van der Waals surface area contributed by atoms with Crippen molar-refractivity contribution in [3.63, 3.8) is 0 Å². The summed E-state index contributed by atoms with van der Waals surface area (Å²) in [6.45, 7) is 13.3. The van der Waals surface area contributed by atoms with Crippen LogP contribution in [0.25, 0.3) is 0 Å². The van der Waals surface area contributed by atoms with Gasteiger partial charge in [0.05, 0.1) is 16.8 Å². The van der Waals surface area contributed by atoms with Crippen LogP contribution >= 0.6 is 11.3 Å². The van der Waals surface area contributed by atoms with Crippen LogP contribution in [-0.2, 0) is 5.41 Å². The number of anilines is 2. The molecule has 3 aliphatic heterocycles. The van der Waals surface area contributed by atoms with Gasteiger partial charge in [-0.15, -0.1) is 11.3 Å². The number of hydrogen-bond acceptors (Lipinski definition) is 6. The highest BCUT2D eigenvalue weighted by Crippen LogP contribution is 2.52. The number of benzene rings is 1. The molecule has 4 aliphatic rings. The van der Waals surface area contributed by atoms with Gasteiger partial charge in [0.15, 0.2) is 0 Å². The van der Waals surface area contributed by atoms with Gasteiger partial charge in [0, 0.05) is 44.3 Å². The molecule has 1 aromatic carbocycles. The second-order valence-electron chi connectivity index (χ2n) is 13.9. The van der Waals surface area contributed by atoms with Crippen molar-refractivity contribution in [2.75, 3.05) is 55.6 Å². The quantitative estimate of drug-likeness (QED) is 0.346. The topological polar surface area (TPSA) is 60.0 Å². The average molecular weight is 598 g/mol. The molecule has 4 fully saturated rings. The molecule has 7 nitrogen and oxygen atoms in total. The molecule has 3 unspecified atom stereocenters. The summed E-state index contributed by atoms with van der Waals surface area (Å²) in [5.41, 5.74) is 2.92. The Hall–Kier alpha value is -3.23. The third-order valence-electron chi connectivity index (χ3n) is 10.2. The summed E-state index contributed by atoms with van der Waals surface area (Å²) in [5, 5.41) is 1.96. The van der Waals surface area contributed by atoms with E-state index in [1.807, 2.05) is 45.6 Å². The van der Waals surface area contributed by atoms with Crippen LogP contribution < -0.4 is 9.80 Å². The number of amides is 2. The van der Waals surface area contributed by atoms with E-state index in [2.05, 4.69) is 54.8 Å². The lowest BCUT2D eigenvalue weighted by Gasteiger charge is -2.26. The molecule has 2 amide bonds. The second-order valence-corrected chi connectivity index (χ2v) is 14.9. The van der Waals surface area contributed by atoms with Crippen molar-refractivity contribution in [3.8, 4) is 0 Å². The van der Waals surface area contributed by atoms with E-state index in [1.54, 1.807) is 0 Å². The number of aromatic nitrogens is 1. The number of pyridine rings is 1. The summed E-state index contributed by atoms with van der Waals surface area (Å²) >= 11 is 1.49. The zero-order valence-electron chi connectivity index (χ0n) is 25.6. The van der Waals surface area contributed by atoms with Crippen molar-refractivity contribution in [2.24, 2.45) is 17.8 Å². The van der Waals surface area contributed by atoms with E-state index in [9.17, 15) is 9.59 Å². The molecule has 7 rings (SSSR count). The lowest BCUT2D eigenvalue weighted by molar-refractivity contribution is 0.0766. The molecule has 226 valence electrons. The van der Waals surface area contributed by atoms with E-state index in [1.165, 1.54) is 49.3 Å². The van der Waals surface area contributed by atoms with Crippen LogP contribution in [0.5, 0.6) is 0 Å². The highest BCUT2D eigenvalue weighted by atomic mass is 32.1.